The molecule has 0 bridgehead atoms. The Bertz CT molecular complexity index is 602. The zero-order chi connectivity index (χ0) is 17.3. The summed E-state index contributed by atoms with van der Waals surface area (Å²) in [5, 5.41) is 3.91. The van der Waals surface area contributed by atoms with Crippen LogP contribution in [0.4, 0.5) is 0 Å². The number of halogens is 1. The molecule has 0 heterocycles. The number of guanidine groups is 1. The van der Waals surface area contributed by atoms with Crippen LogP contribution in [-0.2, 0) is 16.6 Å². The Morgan fingerprint density at radius 3 is 2.48 bits per heavy atom. The van der Waals surface area contributed by atoms with Gasteiger partial charge in [0.15, 0.2) is 5.96 Å². The Labute approximate surface area is 144 Å². The van der Waals surface area contributed by atoms with Crippen LogP contribution in [0.2, 0.25) is 5.02 Å². The molecule has 1 aromatic carbocycles. The number of sulfonamides is 1. The molecule has 0 amide bonds. The van der Waals surface area contributed by atoms with Crippen LogP contribution in [0.15, 0.2) is 29.3 Å². The summed E-state index contributed by atoms with van der Waals surface area (Å²) in [5.41, 5.74) is 1.12. The van der Waals surface area contributed by atoms with Crippen molar-refractivity contribution < 1.29 is 8.42 Å². The second-order valence-electron chi connectivity index (χ2n) is 5.02. The van der Waals surface area contributed by atoms with E-state index >= 15 is 0 Å². The molecule has 0 aliphatic rings. The Balaban J connectivity index is 2.61. The van der Waals surface area contributed by atoms with Gasteiger partial charge in [-0.05, 0) is 31.5 Å². The highest BCUT2D eigenvalue weighted by atomic mass is 35.5. The molecule has 0 radical (unpaired) electrons. The molecule has 1 aromatic rings. The number of aliphatic imine (C=N–C) groups is 1. The number of hydrogen-bond acceptors (Lipinski definition) is 3. The van der Waals surface area contributed by atoms with E-state index < -0.39 is 10.0 Å². The molecule has 0 aromatic heterocycles. The molecule has 0 aliphatic carbocycles. The van der Waals surface area contributed by atoms with Crippen molar-refractivity contribution in [1.82, 2.24) is 14.9 Å². The number of benzene rings is 1. The van der Waals surface area contributed by atoms with E-state index in [9.17, 15) is 8.42 Å². The van der Waals surface area contributed by atoms with E-state index in [1.165, 1.54) is 0 Å². The Morgan fingerprint density at radius 2 is 1.91 bits per heavy atom. The third-order valence-electron chi connectivity index (χ3n) is 3.10. The number of nitrogens with one attached hydrogen (secondary N) is 2. The van der Waals surface area contributed by atoms with Gasteiger partial charge in [-0.3, -0.25) is 4.99 Å². The zero-order valence-electron chi connectivity index (χ0n) is 13.8. The van der Waals surface area contributed by atoms with Crippen LogP contribution in [0.3, 0.4) is 0 Å². The average molecular weight is 361 g/mol. The minimum Gasteiger partial charge on any atom is -0.357 e. The fraction of sp³-hybridized carbons (Fsp3) is 0.533. The van der Waals surface area contributed by atoms with Gasteiger partial charge in [-0.25, -0.2) is 13.1 Å². The maximum absolute atomic E-state index is 11.4. The third kappa shape index (κ3) is 7.67. The maximum Gasteiger partial charge on any atom is 0.211 e. The monoisotopic (exact) mass is 360 g/mol. The minimum absolute atomic E-state index is 0.0766. The van der Waals surface area contributed by atoms with Crippen molar-refractivity contribution in [2.75, 3.05) is 32.4 Å². The molecule has 0 saturated carbocycles. The lowest BCUT2D eigenvalue weighted by Gasteiger charge is -2.22. The lowest BCUT2D eigenvalue weighted by atomic mass is 10.2. The van der Waals surface area contributed by atoms with E-state index in [4.69, 9.17) is 11.6 Å². The van der Waals surface area contributed by atoms with Crippen molar-refractivity contribution in [2.45, 2.75) is 20.4 Å². The highest BCUT2D eigenvalue weighted by molar-refractivity contribution is 7.89. The molecular formula is C15H25ClN4O2S. The highest BCUT2D eigenvalue weighted by Crippen LogP contribution is 2.10. The van der Waals surface area contributed by atoms with Crippen LogP contribution < -0.4 is 10.0 Å². The number of hydrogen-bond donors (Lipinski definition) is 2. The summed E-state index contributed by atoms with van der Waals surface area (Å²) in [4.78, 5) is 6.43. The highest BCUT2D eigenvalue weighted by Gasteiger charge is 2.08. The van der Waals surface area contributed by atoms with Crippen LogP contribution in [0.1, 0.15) is 19.4 Å². The fourth-order valence-electron chi connectivity index (χ4n) is 1.87. The smallest absolute Gasteiger partial charge is 0.211 e. The summed E-state index contributed by atoms with van der Waals surface area (Å²) < 4.78 is 25.3. The molecule has 0 atom stereocenters. The van der Waals surface area contributed by atoms with E-state index in [1.54, 1.807) is 6.92 Å². The predicted octanol–water partition coefficient (Wildman–Crippen LogP) is 1.68. The zero-order valence-corrected chi connectivity index (χ0v) is 15.4. The number of rotatable bonds is 8. The lowest BCUT2D eigenvalue weighted by Crippen LogP contribution is -2.39. The molecule has 0 aliphatic heterocycles. The first-order valence-electron chi connectivity index (χ1n) is 7.59. The van der Waals surface area contributed by atoms with Crippen LogP contribution in [0.25, 0.3) is 0 Å². The molecule has 23 heavy (non-hydrogen) atoms. The summed E-state index contributed by atoms with van der Waals surface area (Å²) in [6.45, 7) is 5.70. The Hall–Kier alpha value is -1.31. The molecule has 130 valence electrons. The standard InChI is InChI=1S/C15H25ClN4O2S/c1-4-17-15(18-10-11-19-23(21,22)5-2)20(3)12-13-6-8-14(16)9-7-13/h6-9,19H,4-5,10-12H2,1-3H3,(H,17,18). The Morgan fingerprint density at radius 1 is 1.26 bits per heavy atom. The van der Waals surface area contributed by atoms with Crippen molar-refractivity contribution >= 4 is 27.6 Å². The first-order chi connectivity index (χ1) is 10.9. The average Bonchev–Trinajstić information content (AvgIpc) is 2.52. The summed E-state index contributed by atoms with van der Waals surface area (Å²) >= 11 is 5.89. The lowest BCUT2D eigenvalue weighted by molar-refractivity contribution is 0.477. The van der Waals surface area contributed by atoms with E-state index in [0.29, 0.717) is 24.7 Å². The third-order valence-corrected chi connectivity index (χ3v) is 4.76. The van der Waals surface area contributed by atoms with Gasteiger partial charge in [0.25, 0.3) is 0 Å². The van der Waals surface area contributed by atoms with Crippen LogP contribution >= 0.6 is 11.6 Å². The minimum atomic E-state index is -3.17. The molecule has 0 unspecified atom stereocenters. The first-order valence-corrected chi connectivity index (χ1v) is 9.62. The molecule has 0 saturated heterocycles. The molecule has 8 heteroatoms. The first kappa shape index (κ1) is 19.7. The van der Waals surface area contributed by atoms with Gasteiger partial charge in [0.1, 0.15) is 0 Å². The van der Waals surface area contributed by atoms with Gasteiger partial charge in [-0.15, -0.1) is 0 Å². The SMILES string of the molecule is CCNC(=NCCNS(=O)(=O)CC)N(C)Cc1ccc(Cl)cc1. The van der Waals surface area contributed by atoms with Gasteiger partial charge in [0, 0.05) is 31.7 Å². The van der Waals surface area contributed by atoms with Gasteiger partial charge in [-0.2, -0.15) is 0 Å². The molecule has 6 nitrogen and oxygen atoms in total. The van der Waals surface area contributed by atoms with Crippen molar-refractivity contribution in [1.29, 1.82) is 0 Å². The summed E-state index contributed by atoms with van der Waals surface area (Å²) in [5.74, 6) is 0.811. The summed E-state index contributed by atoms with van der Waals surface area (Å²) in [6, 6.07) is 7.65. The van der Waals surface area contributed by atoms with Gasteiger partial charge >= 0.3 is 0 Å². The normalized spacial score (nSPS) is 12.3. The molecule has 2 N–H and O–H groups in total. The largest absolute Gasteiger partial charge is 0.357 e. The molecule has 0 fully saturated rings. The van der Waals surface area contributed by atoms with Crippen LogP contribution in [0, 0.1) is 0 Å². The summed E-state index contributed by atoms with van der Waals surface area (Å²) in [6.07, 6.45) is 0. The van der Waals surface area contributed by atoms with Crippen molar-refractivity contribution in [2.24, 2.45) is 4.99 Å². The van der Waals surface area contributed by atoms with E-state index in [-0.39, 0.29) is 5.75 Å². The predicted molar refractivity (Wildman–Crippen MR) is 96.4 cm³/mol. The van der Waals surface area contributed by atoms with E-state index in [2.05, 4.69) is 15.0 Å². The van der Waals surface area contributed by atoms with Gasteiger partial charge in [0.05, 0.1) is 12.3 Å². The van der Waals surface area contributed by atoms with E-state index in [1.807, 2.05) is 43.1 Å². The van der Waals surface area contributed by atoms with E-state index in [0.717, 1.165) is 18.1 Å². The van der Waals surface area contributed by atoms with Gasteiger partial charge < -0.3 is 10.2 Å². The maximum atomic E-state index is 11.4. The fourth-order valence-corrected chi connectivity index (χ4v) is 2.61. The molecular weight excluding hydrogens is 336 g/mol. The van der Waals surface area contributed by atoms with Gasteiger partial charge in [0.2, 0.25) is 10.0 Å². The van der Waals surface area contributed by atoms with Crippen molar-refractivity contribution in [3.8, 4) is 0 Å². The molecule has 1 rings (SSSR count). The van der Waals surface area contributed by atoms with Crippen LogP contribution in [0.5, 0.6) is 0 Å². The second-order valence-corrected chi connectivity index (χ2v) is 7.55. The van der Waals surface area contributed by atoms with Crippen molar-refractivity contribution in [3.63, 3.8) is 0 Å². The summed E-state index contributed by atoms with van der Waals surface area (Å²) in [7, 11) is -1.23. The second kappa shape index (κ2) is 9.75. The Kier molecular flexibility index (Phi) is 8.36. The van der Waals surface area contributed by atoms with Crippen molar-refractivity contribution in [3.05, 3.63) is 34.9 Å². The molecule has 0 spiro atoms. The van der Waals surface area contributed by atoms with Gasteiger partial charge in [-0.1, -0.05) is 23.7 Å². The quantitative estimate of drug-likeness (QED) is 0.420. The number of nitrogens with zero attached hydrogens (tertiary/aromatic N) is 2. The topological polar surface area (TPSA) is 73.8 Å². The van der Waals surface area contributed by atoms with Crippen LogP contribution in [-0.4, -0.2) is 51.7 Å².